The van der Waals surface area contributed by atoms with Gasteiger partial charge in [0.2, 0.25) is 5.95 Å². The molecule has 0 radical (unpaired) electrons. The molecule has 3 rings (SSSR count). The predicted octanol–water partition coefficient (Wildman–Crippen LogP) is 4.04. The molecular weight excluding hydrogens is 368 g/mol. The predicted molar refractivity (Wildman–Crippen MR) is 122 cm³/mol. The van der Waals surface area contributed by atoms with Crippen molar-refractivity contribution in [2.75, 3.05) is 47.8 Å². The molecule has 2 fully saturated rings. The number of hydrogen-bond donors (Lipinski definition) is 2. The van der Waals surface area contributed by atoms with Gasteiger partial charge in [-0.15, -0.1) is 0 Å². The van der Waals surface area contributed by atoms with Gasteiger partial charge in [-0.3, -0.25) is 0 Å². The van der Waals surface area contributed by atoms with Gasteiger partial charge in [0.1, 0.15) is 11.6 Å². The zero-order valence-electron chi connectivity index (χ0n) is 17.7. The van der Waals surface area contributed by atoms with Crippen molar-refractivity contribution >= 4 is 34.9 Å². The number of nitrogens with zero attached hydrogens (tertiary/aromatic N) is 4. The lowest BCUT2D eigenvalue weighted by atomic mass is 10.0. The second-order valence-electron chi connectivity index (χ2n) is 8.73. The van der Waals surface area contributed by atoms with E-state index in [4.69, 9.17) is 22.2 Å². The number of anilines is 3. The van der Waals surface area contributed by atoms with Crippen molar-refractivity contribution in [3.63, 3.8) is 0 Å². The molecule has 0 saturated carbocycles. The highest BCUT2D eigenvalue weighted by molar-refractivity contribution is 7.80. The van der Waals surface area contributed by atoms with Crippen molar-refractivity contribution in [1.29, 1.82) is 0 Å². The molecule has 0 amide bonds. The van der Waals surface area contributed by atoms with Gasteiger partial charge in [-0.1, -0.05) is 33.6 Å². The maximum Gasteiger partial charge on any atom is 0.232 e. The van der Waals surface area contributed by atoms with E-state index in [1.807, 2.05) is 0 Å². The minimum Gasteiger partial charge on any atom is -0.362 e. The summed E-state index contributed by atoms with van der Waals surface area (Å²) in [5, 5.41) is 7.08. The number of piperidine rings is 1. The third-order valence-electron chi connectivity index (χ3n) is 5.51. The molecule has 7 heteroatoms. The summed E-state index contributed by atoms with van der Waals surface area (Å²) in [6.45, 7) is 11.8. The van der Waals surface area contributed by atoms with E-state index in [0.717, 1.165) is 44.4 Å². The SMILES string of the molecule is CC(C)CNC(=S)Nc1nc(N2CCCCCC2)cc(N2CCC[C@@H](C)C2)n1. The first-order valence-corrected chi connectivity index (χ1v) is 11.4. The van der Waals surface area contributed by atoms with Crippen LogP contribution < -0.4 is 20.4 Å². The summed E-state index contributed by atoms with van der Waals surface area (Å²) in [6, 6.07) is 2.18. The van der Waals surface area contributed by atoms with Crippen LogP contribution in [0.2, 0.25) is 0 Å². The van der Waals surface area contributed by atoms with Gasteiger partial charge in [-0.2, -0.15) is 9.97 Å². The second-order valence-corrected chi connectivity index (χ2v) is 9.14. The van der Waals surface area contributed by atoms with E-state index in [0.29, 0.717) is 22.9 Å². The molecule has 1 aromatic rings. The molecule has 0 bridgehead atoms. The van der Waals surface area contributed by atoms with Crippen LogP contribution in [0, 0.1) is 11.8 Å². The lowest BCUT2D eigenvalue weighted by Gasteiger charge is -2.33. The molecule has 0 aromatic carbocycles. The summed E-state index contributed by atoms with van der Waals surface area (Å²) in [5.41, 5.74) is 0. The van der Waals surface area contributed by atoms with Gasteiger partial charge in [-0.05, 0) is 49.7 Å². The molecule has 0 spiro atoms. The van der Waals surface area contributed by atoms with Gasteiger partial charge in [-0.25, -0.2) is 0 Å². The van der Waals surface area contributed by atoms with E-state index < -0.39 is 0 Å². The van der Waals surface area contributed by atoms with Crippen LogP contribution >= 0.6 is 12.2 Å². The molecule has 28 heavy (non-hydrogen) atoms. The lowest BCUT2D eigenvalue weighted by Crippen LogP contribution is -2.36. The van der Waals surface area contributed by atoms with Crippen LogP contribution in [-0.2, 0) is 0 Å². The monoisotopic (exact) mass is 404 g/mol. The molecule has 1 aromatic heterocycles. The Morgan fingerprint density at radius 2 is 1.71 bits per heavy atom. The summed E-state index contributed by atoms with van der Waals surface area (Å²) in [5.74, 6) is 3.90. The molecular formula is C21H36N6S. The number of rotatable bonds is 5. The van der Waals surface area contributed by atoms with Crippen LogP contribution in [0.1, 0.15) is 59.3 Å². The largest absolute Gasteiger partial charge is 0.362 e. The Balaban J connectivity index is 1.81. The molecule has 156 valence electrons. The van der Waals surface area contributed by atoms with Gasteiger partial charge < -0.3 is 20.4 Å². The maximum absolute atomic E-state index is 5.46. The van der Waals surface area contributed by atoms with E-state index in [1.165, 1.54) is 38.5 Å². The number of aromatic nitrogens is 2. The van der Waals surface area contributed by atoms with E-state index in [-0.39, 0.29) is 0 Å². The van der Waals surface area contributed by atoms with Crippen molar-refractivity contribution in [2.45, 2.75) is 59.3 Å². The van der Waals surface area contributed by atoms with Crippen molar-refractivity contribution in [3.8, 4) is 0 Å². The summed E-state index contributed by atoms with van der Waals surface area (Å²) in [7, 11) is 0. The van der Waals surface area contributed by atoms with E-state index in [2.05, 4.69) is 47.3 Å². The zero-order chi connectivity index (χ0) is 19.9. The lowest BCUT2D eigenvalue weighted by molar-refractivity contribution is 0.444. The Bertz CT molecular complexity index is 622. The first-order valence-electron chi connectivity index (χ1n) is 10.9. The van der Waals surface area contributed by atoms with Crippen LogP contribution in [0.3, 0.4) is 0 Å². The third-order valence-corrected chi connectivity index (χ3v) is 5.75. The van der Waals surface area contributed by atoms with Gasteiger partial charge in [0.05, 0.1) is 0 Å². The van der Waals surface area contributed by atoms with Crippen LogP contribution in [-0.4, -0.2) is 47.8 Å². The van der Waals surface area contributed by atoms with E-state index in [1.54, 1.807) is 0 Å². The smallest absolute Gasteiger partial charge is 0.232 e. The molecule has 2 aliphatic heterocycles. The van der Waals surface area contributed by atoms with Gasteiger partial charge in [0.15, 0.2) is 5.11 Å². The quantitative estimate of drug-likeness (QED) is 0.718. The molecule has 3 heterocycles. The molecule has 2 N–H and O–H groups in total. The molecule has 2 saturated heterocycles. The number of nitrogens with one attached hydrogen (secondary N) is 2. The topological polar surface area (TPSA) is 56.3 Å². The van der Waals surface area contributed by atoms with E-state index >= 15 is 0 Å². The summed E-state index contributed by atoms with van der Waals surface area (Å²) in [6.07, 6.45) is 7.61. The first kappa shape index (κ1) is 21.1. The highest BCUT2D eigenvalue weighted by Gasteiger charge is 2.21. The van der Waals surface area contributed by atoms with Crippen molar-refractivity contribution in [2.24, 2.45) is 11.8 Å². The molecule has 1 atom stereocenters. The Morgan fingerprint density at radius 3 is 2.36 bits per heavy atom. The van der Waals surface area contributed by atoms with Gasteiger partial charge in [0.25, 0.3) is 0 Å². The van der Waals surface area contributed by atoms with Gasteiger partial charge in [0, 0.05) is 38.8 Å². The first-order chi connectivity index (χ1) is 13.5. The zero-order valence-corrected chi connectivity index (χ0v) is 18.5. The van der Waals surface area contributed by atoms with Crippen LogP contribution in [0.15, 0.2) is 6.07 Å². The van der Waals surface area contributed by atoms with Gasteiger partial charge >= 0.3 is 0 Å². The fourth-order valence-electron chi connectivity index (χ4n) is 3.94. The molecule has 0 unspecified atom stereocenters. The van der Waals surface area contributed by atoms with Crippen LogP contribution in [0.5, 0.6) is 0 Å². The third kappa shape index (κ3) is 6.19. The van der Waals surface area contributed by atoms with Crippen molar-refractivity contribution in [3.05, 3.63) is 6.07 Å². The molecule has 2 aliphatic rings. The Morgan fingerprint density at radius 1 is 1.07 bits per heavy atom. The van der Waals surface area contributed by atoms with Crippen LogP contribution in [0.4, 0.5) is 17.6 Å². The van der Waals surface area contributed by atoms with Crippen LogP contribution in [0.25, 0.3) is 0 Å². The second kappa shape index (κ2) is 10.2. The Labute approximate surface area is 175 Å². The fraction of sp³-hybridized carbons (Fsp3) is 0.762. The summed E-state index contributed by atoms with van der Waals surface area (Å²) < 4.78 is 0. The number of thiocarbonyl (C=S) groups is 1. The highest BCUT2D eigenvalue weighted by atomic mass is 32.1. The number of hydrogen-bond acceptors (Lipinski definition) is 5. The Hall–Kier alpha value is -1.63. The molecule has 0 aliphatic carbocycles. The normalized spacial score (nSPS) is 20.8. The fourth-order valence-corrected chi connectivity index (χ4v) is 4.12. The standard InChI is InChI=1S/C21H36N6S/c1-16(2)14-22-21(28)25-20-23-18(26-10-6-4-5-7-11-26)13-19(24-20)27-12-8-9-17(3)15-27/h13,16-17H,4-12,14-15H2,1-3H3,(H2,22,23,24,25,28)/t17-/m1/s1. The minimum absolute atomic E-state index is 0.537. The summed E-state index contributed by atoms with van der Waals surface area (Å²) >= 11 is 5.46. The minimum atomic E-state index is 0.537. The highest BCUT2D eigenvalue weighted by Crippen LogP contribution is 2.27. The Kier molecular flexibility index (Phi) is 7.71. The van der Waals surface area contributed by atoms with E-state index in [9.17, 15) is 0 Å². The van der Waals surface area contributed by atoms with Crippen molar-refractivity contribution < 1.29 is 0 Å². The maximum atomic E-state index is 5.46. The summed E-state index contributed by atoms with van der Waals surface area (Å²) in [4.78, 5) is 14.5. The average Bonchev–Trinajstić information content (AvgIpc) is 2.96. The average molecular weight is 405 g/mol. The van der Waals surface area contributed by atoms with Crippen molar-refractivity contribution in [1.82, 2.24) is 15.3 Å². The molecule has 6 nitrogen and oxygen atoms in total.